The fourth-order valence-corrected chi connectivity index (χ4v) is 2.27. The van der Waals surface area contributed by atoms with Crippen LogP contribution in [0.15, 0.2) is 42.7 Å². The molecule has 2 aliphatic heterocycles. The van der Waals surface area contributed by atoms with Gasteiger partial charge in [-0.1, -0.05) is 12.1 Å². The zero-order chi connectivity index (χ0) is 13.4. The molecule has 2 aliphatic rings. The Balaban J connectivity index is 1.97. The number of nitro groups is 1. The number of carbonyl (C=O) groups excluding carboxylic acids is 1. The van der Waals surface area contributed by atoms with E-state index < -0.39 is 11.2 Å². The highest BCUT2D eigenvalue weighted by atomic mass is 16.6. The first-order valence-electron chi connectivity index (χ1n) is 5.74. The Morgan fingerprint density at radius 3 is 2.89 bits per heavy atom. The van der Waals surface area contributed by atoms with Gasteiger partial charge in [-0.05, 0) is 18.2 Å². The monoisotopic (exact) mass is 258 g/mol. The van der Waals surface area contributed by atoms with E-state index in [0.29, 0.717) is 11.1 Å². The summed E-state index contributed by atoms with van der Waals surface area (Å²) in [6.45, 7) is 0.189. The molecule has 1 amide bonds. The van der Waals surface area contributed by atoms with Gasteiger partial charge in [0.25, 0.3) is 11.6 Å². The van der Waals surface area contributed by atoms with Crippen LogP contribution in [0.3, 0.4) is 0 Å². The van der Waals surface area contributed by atoms with E-state index in [9.17, 15) is 14.9 Å². The average molecular weight is 258 g/mol. The fraction of sp³-hybridized carbons (Fsp3) is 0.154. The van der Waals surface area contributed by atoms with Gasteiger partial charge in [-0.15, -0.1) is 0 Å². The second-order valence-electron chi connectivity index (χ2n) is 4.23. The predicted molar refractivity (Wildman–Crippen MR) is 66.1 cm³/mol. The first-order chi connectivity index (χ1) is 9.18. The summed E-state index contributed by atoms with van der Waals surface area (Å²) in [6, 6.07) is 4.54. The van der Waals surface area contributed by atoms with E-state index in [0.717, 1.165) is 0 Å². The zero-order valence-electron chi connectivity index (χ0n) is 9.85. The molecule has 0 bridgehead atoms. The van der Waals surface area contributed by atoms with Crippen LogP contribution >= 0.6 is 0 Å². The maximum Gasteiger partial charge on any atom is 0.275 e. The molecule has 1 aromatic rings. The Morgan fingerprint density at radius 1 is 1.37 bits per heavy atom. The molecular formula is C13H10N2O4. The van der Waals surface area contributed by atoms with Gasteiger partial charge in [0.2, 0.25) is 0 Å². The van der Waals surface area contributed by atoms with Crippen LogP contribution in [0.1, 0.15) is 15.9 Å². The number of hydrogen-bond acceptors (Lipinski definition) is 4. The van der Waals surface area contributed by atoms with Crippen LogP contribution in [0.5, 0.6) is 0 Å². The largest absolute Gasteiger partial charge is 0.474 e. The van der Waals surface area contributed by atoms with E-state index in [1.807, 2.05) is 0 Å². The number of amides is 1. The second-order valence-corrected chi connectivity index (χ2v) is 4.23. The Bertz CT molecular complexity index is 621. The molecule has 6 nitrogen and oxygen atoms in total. The van der Waals surface area contributed by atoms with Gasteiger partial charge in [0.1, 0.15) is 0 Å². The third kappa shape index (κ3) is 1.77. The molecule has 96 valence electrons. The highest BCUT2D eigenvalue weighted by molar-refractivity contribution is 5.99. The van der Waals surface area contributed by atoms with Crippen molar-refractivity contribution in [1.29, 1.82) is 0 Å². The number of nitrogens with zero attached hydrogens (tertiary/aromatic N) is 2. The van der Waals surface area contributed by atoms with Gasteiger partial charge in [-0.2, -0.15) is 0 Å². The van der Waals surface area contributed by atoms with E-state index in [2.05, 4.69) is 0 Å². The lowest BCUT2D eigenvalue weighted by Crippen LogP contribution is -2.35. The van der Waals surface area contributed by atoms with Crippen LogP contribution in [-0.2, 0) is 11.3 Å². The smallest absolute Gasteiger partial charge is 0.275 e. The van der Waals surface area contributed by atoms with Gasteiger partial charge >= 0.3 is 0 Å². The third-order valence-electron chi connectivity index (χ3n) is 3.16. The minimum atomic E-state index is -0.510. The summed E-state index contributed by atoms with van der Waals surface area (Å²) in [5.74, 6) is -0.247. The summed E-state index contributed by atoms with van der Waals surface area (Å²) < 4.78 is 5.33. The molecule has 0 aliphatic carbocycles. The molecule has 0 radical (unpaired) electrons. The molecule has 1 unspecified atom stereocenters. The number of nitro benzene ring substituents is 1. The number of fused-ring (bicyclic) bond motifs is 1. The lowest BCUT2D eigenvalue weighted by atomic mass is 10.1. The molecule has 1 atom stereocenters. The van der Waals surface area contributed by atoms with Crippen LogP contribution in [0.25, 0.3) is 0 Å². The average Bonchev–Trinajstić information content (AvgIpc) is 2.77. The lowest BCUT2D eigenvalue weighted by Gasteiger charge is -2.25. The normalized spacial score (nSPS) is 20.3. The first-order valence-corrected chi connectivity index (χ1v) is 5.74. The van der Waals surface area contributed by atoms with Gasteiger partial charge in [-0.25, -0.2) is 0 Å². The Morgan fingerprint density at radius 2 is 2.21 bits per heavy atom. The summed E-state index contributed by atoms with van der Waals surface area (Å²) in [6.07, 6.45) is 6.21. The fourth-order valence-electron chi connectivity index (χ4n) is 2.27. The third-order valence-corrected chi connectivity index (χ3v) is 3.16. The quantitative estimate of drug-likeness (QED) is 0.600. The van der Waals surface area contributed by atoms with Gasteiger partial charge in [0, 0.05) is 6.07 Å². The summed E-state index contributed by atoms with van der Waals surface area (Å²) in [4.78, 5) is 24.2. The molecule has 19 heavy (non-hydrogen) atoms. The van der Waals surface area contributed by atoms with Crippen LogP contribution in [0.4, 0.5) is 5.69 Å². The van der Waals surface area contributed by atoms with Gasteiger partial charge < -0.3 is 4.74 Å². The summed E-state index contributed by atoms with van der Waals surface area (Å²) >= 11 is 0. The first kappa shape index (κ1) is 11.5. The van der Waals surface area contributed by atoms with E-state index >= 15 is 0 Å². The number of hydrogen-bond donors (Lipinski definition) is 0. The summed E-state index contributed by atoms with van der Waals surface area (Å²) in [5.41, 5.74) is 0.800. The topological polar surface area (TPSA) is 72.7 Å². The molecule has 3 rings (SSSR count). The highest BCUT2D eigenvalue weighted by Gasteiger charge is 2.36. The van der Waals surface area contributed by atoms with Crippen molar-refractivity contribution in [3.63, 3.8) is 0 Å². The Labute approximate surface area is 108 Å². The van der Waals surface area contributed by atoms with Crippen LogP contribution in [0, 0.1) is 10.1 Å². The van der Waals surface area contributed by atoms with Crippen molar-refractivity contribution >= 4 is 11.6 Å². The van der Waals surface area contributed by atoms with Crippen LogP contribution in [-0.4, -0.2) is 22.0 Å². The van der Waals surface area contributed by atoms with Crippen LogP contribution in [0.2, 0.25) is 0 Å². The lowest BCUT2D eigenvalue weighted by molar-refractivity contribution is -0.385. The Hall–Kier alpha value is -2.63. The van der Waals surface area contributed by atoms with Crippen molar-refractivity contribution in [1.82, 2.24) is 4.90 Å². The molecule has 0 saturated carbocycles. The zero-order valence-corrected chi connectivity index (χ0v) is 9.85. The number of carbonyl (C=O) groups is 1. The standard InChI is InChI=1S/C13H10N2O4/c16-13-9-4-3-5-11(15(17)18)10(9)8-14(13)12-6-1-2-7-19-12/h1-7,12H,8H2. The molecule has 1 aromatic carbocycles. The molecule has 2 heterocycles. The number of rotatable bonds is 2. The van der Waals surface area contributed by atoms with Gasteiger partial charge in [0.15, 0.2) is 6.23 Å². The molecule has 0 N–H and O–H groups in total. The van der Waals surface area contributed by atoms with E-state index in [1.54, 1.807) is 24.3 Å². The number of allylic oxidation sites excluding steroid dienone is 2. The minimum Gasteiger partial charge on any atom is -0.474 e. The van der Waals surface area contributed by atoms with Crippen molar-refractivity contribution in [2.75, 3.05) is 0 Å². The molecular weight excluding hydrogens is 248 g/mol. The number of benzene rings is 1. The highest BCUT2D eigenvalue weighted by Crippen LogP contribution is 2.32. The maximum atomic E-state index is 12.2. The van der Waals surface area contributed by atoms with Crippen LogP contribution < -0.4 is 0 Å². The maximum absolute atomic E-state index is 12.2. The van der Waals surface area contributed by atoms with Gasteiger partial charge in [0.05, 0.1) is 28.9 Å². The van der Waals surface area contributed by atoms with E-state index in [4.69, 9.17) is 4.74 Å². The van der Waals surface area contributed by atoms with E-state index in [1.165, 1.54) is 23.3 Å². The molecule has 0 spiro atoms. The van der Waals surface area contributed by atoms with Crippen molar-refractivity contribution < 1.29 is 14.5 Å². The van der Waals surface area contributed by atoms with Crippen molar-refractivity contribution in [3.05, 3.63) is 63.9 Å². The molecule has 6 heteroatoms. The molecule has 0 saturated heterocycles. The summed E-state index contributed by atoms with van der Waals surface area (Å²) in [7, 11) is 0. The van der Waals surface area contributed by atoms with Crippen molar-refractivity contribution in [2.24, 2.45) is 0 Å². The predicted octanol–water partition coefficient (Wildman–Crippen LogP) is 1.98. The second kappa shape index (κ2) is 4.24. The number of ether oxygens (including phenoxy) is 1. The van der Waals surface area contributed by atoms with E-state index in [-0.39, 0.29) is 18.1 Å². The van der Waals surface area contributed by atoms with Crippen molar-refractivity contribution in [3.8, 4) is 0 Å². The summed E-state index contributed by atoms with van der Waals surface area (Å²) in [5, 5.41) is 11.0. The molecule has 0 fully saturated rings. The minimum absolute atomic E-state index is 0.0244. The Kier molecular flexibility index (Phi) is 2.56. The SMILES string of the molecule is O=C1c2cccc([N+](=O)[O-])c2CN1C1C=CC=CO1. The van der Waals surface area contributed by atoms with Crippen molar-refractivity contribution in [2.45, 2.75) is 12.8 Å². The molecule has 0 aromatic heterocycles. The van der Waals surface area contributed by atoms with Gasteiger partial charge in [-0.3, -0.25) is 19.8 Å².